The van der Waals surface area contributed by atoms with Gasteiger partial charge in [0.2, 0.25) is 0 Å². The Labute approximate surface area is 95.6 Å². The molecular weight excluding hydrogens is 204 g/mol. The molecule has 15 heavy (non-hydrogen) atoms. The molecule has 0 bridgehead atoms. The lowest BCUT2D eigenvalue weighted by atomic mass is 10.1. The van der Waals surface area contributed by atoms with Gasteiger partial charge < -0.3 is 11.1 Å². The van der Waals surface area contributed by atoms with Crippen molar-refractivity contribution in [2.24, 2.45) is 5.73 Å². The van der Waals surface area contributed by atoms with Crippen LogP contribution in [0, 0.1) is 0 Å². The molecule has 0 heterocycles. The van der Waals surface area contributed by atoms with Gasteiger partial charge in [0.25, 0.3) is 0 Å². The van der Waals surface area contributed by atoms with Gasteiger partial charge >= 0.3 is 0 Å². The van der Waals surface area contributed by atoms with Crippen molar-refractivity contribution in [2.75, 3.05) is 12.8 Å². The summed E-state index contributed by atoms with van der Waals surface area (Å²) in [6, 6.07) is 9.72. The van der Waals surface area contributed by atoms with Crippen molar-refractivity contribution in [2.45, 2.75) is 29.8 Å². The van der Waals surface area contributed by atoms with E-state index in [0.717, 1.165) is 0 Å². The molecule has 0 amide bonds. The molecule has 82 valence electrons. The van der Waals surface area contributed by atoms with Gasteiger partial charge in [-0.15, -0.1) is 11.8 Å². The lowest BCUT2D eigenvalue weighted by molar-refractivity contribution is 0.538. The molecule has 3 N–H and O–H groups in total. The topological polar surface area (TPSA) is 38.0 Å². The van der Waals surface area contributed by atoms with Crippen molar-refractivity contribution in [3.05, 3.63) is 29.8 Å². The second-order valence-corrected chi connectivity index (χ2v) is 4.88. The van der Waals surface area contributed by atoms with Crippen molar-refractivity contribution in [3.8, 4) is 0 Å². The first-order valence-corrected chi connectivity index (χ1v) is 6.66. The van der Waals surface area contributed by atoms with Crippen LogP contribution in [0.5, 0.6) is 0 Å². The zero-order valence-corrected chi connectivity index (χ0v) is 9.89. The predicted octanol–water partition coefficient (Wildman–Crippen LogP) is 2.16. The summed E-state index contributed by atoms with van der Waals surface area (Å²) in [6.07, 6.45) is 4.71. The van der Waals surface area contributed by atoms with E-state index in [2.05, 4.69) is 35.8 Å². The van der Waals surface area contributed by atoms with Gasteiger partial charge in [0, 0.05) is 23.5 Å². The smallest absolute Gasteiger partial charge is 0.0446 e. The molecular formula is C12H18N2S. The van der Waals surface area contributed by atoms with Crippen molar-refractivity contribution < 1.29 is 0 Å². The summed E-state index contributed by atoms with van der Waals surface area (Å²) in [5.41, 5.74) is 7.09. The van der Waals surface area contributed by atoms with Crippen LogP contribution >= 0.6 is 11.8 Å². The predicted molar refractivity (Wildman–Crippen MR) is 66.2 cm³/mol. The van der Waals surface area contributed by atoms with E-state index < -0.39 is 0 Å². The molecule has 1 aliphatic carbocycles. The lowest BCUT2D eigenvalue weighted by Gasteiger charge is -2.17. The van der Waals surface area contributed by atoms with Gasteiger partial charge in [0.1, 0.15) is 0 Å². The molecule has 1 aliphatic rings. The molecule has 0 spiro atoms. The van der Waals surface area contributed by atoms with E-state index in [1.807, 2.05) is 0 Å². The maximum absolute atomic E-state index is 5.78. The molecule has 1 fully saturated rings. The monoisotopic (exact) mass is 222 g/mol. The van der Waals surface area contributed by atoms with Crippen molar-refractivity contribution >= 4 is 11.8 Å². The summed E-state index contributed by atoms with van der Waals surface area (Å²) in [7, 11) is 0. The van der Waals surface area contributed by atoms with E-state index >= 15 is 0 Å². The maximum Gasteiger partial charge on any atom is 0.0446 e. The first-order chi connectivity index (χ1) is 7.33. The minimum atomic E-state index is 0.327. The number of hydrogen-bond donors (Lipinski definition) is 2. The van der Waals surface area contributed by atoms with Crippen LogP contribution < -0.4 is 11.1 Å². The van der Waals surface area contributed by atoms with E-state index in [9.17, 15) is 0 Å². The second-order valence-electron chi connectivity index (χ2n) is 4.00. The number of thioether (sulfide) groups is 1. The highest BCUT2D eigenvalue weighted by molar-refractivity contribution is 7.98. The third-order valence-electron chi connectivity index (χ3n) is 2.77. The second kappa shape index (κ2) is 5.01. The van der Waals surface area contributed by atoms with Gasteiger partial charge in [0.05, 0.1) is 0 Å². The molecule has 1 saturated carbocycles. The Morgan fingerprint density at radius 1 is 1.40 bits per heavy atom. The summed E-state index contributed by atoms with van der Waals surface area (Å²) < 4.78 is 0. The molecule has 2 nitrogen and oxygen atoms in total. The first-order valence-electron chi connectivity index (χ1n) is 5.43. The van der Waals surface area contributed by atoms with Gasteiger partial charge in [-0.1, -0.05) is 12.1 Å². The van der Waals surface area contributed by atoms with Crippen LogP contribution in [0.15, 0.2) is 29.2 Å². The van der Waals surface area contributed by atoms with Crippen LogP contribution in [0.3, 0.4) is 0 Å². The minimum absolute atomic E-state index is 0.327. The van der Waals surface area contributed by atoms with E-state index in [1.54, 1.807) is 11.8 Å². The quantitative estimate of drug-likeness (QED) is 0.750. The van der Waals surface area contributed by atoms with Crippen molar-refractivity contribution in [3.63, 3.8) is 0 Å². The summed E-state index contributed by atoms with van der Waals surface area (Å²) in [5.74, 6) is 0. The molecule has 3 heteroatoms. The van der Waals surface area contributed by atoms with Crippen LogP contribution in [0.2, 0.25) is 0 Å². The van der Waals surface area contributed by atoms with Gasteiger partial charge in [-0.2, -0.15) is 0 Å². The van der Waals surface area contributed by atoms with E-state index in [0.29, 0.717) is 18.6 Å². The molecule has 1 aromatic rings. The minimum Gasteiger partial charge on any atom is -0.329 e. The molecule has 1 unspecified atom stereocenters. The Kier molecular flexibility index (Phi) is 3.67. The summed E-state index contributed by atoms with van der Waals surface area (Å²) in [6.45, 7) is 0.676. The van der Waals surface area contributed by atoms with Gasteiger partial charge in [-0.25, -0.2) is 0 Å². The average Bonchev–Trinajstić information content (AvgIpc) is 3.10. The Morgan fingerprint density at radius 2 is 2.07 bits per heavy atom. The van der Waals surface area contributed by atoms with Crippen LogP contribution in [0.1, 0.15) is 24.4 Å². The molecule has 1 atom stereocenters. The lowest BCUT2D eigenvalue weighted by Crippen LogP contribution is -2.29. The Hall–Kier alpha value is -0.510. The standard InChI is InChI=1S/C12H18N2S/c1-15-11-6-2-9(3-7-11)12(8-13)14-10-4-5-10/h2-3,6-7,10,12,14H,4-5,8,13H2,1H3. The van der Waals surface area contributed by atoms with Gasteiger partial charge in [-0.05, 0) is 36.8 Å². The van der Waals surface area contributed by atoms with Crippen LogP contribution in [0.4, 0.5) is 0 Å². The number of benzene rings is 1. The summed E-state index contributed by atoms with van der Waals surface area (Å²) >= 11 is 1.77. The van der Waals surface area contributed by atoms with Gasteiger partial charge in [0.15, 0.2) is 0 Å². The first kappa shape index (κ1) is 11.0. The summed E-state index contributed by atoms with van der Waals surface area (Å²) in [5, 5.41) is 3.56. The average molecular weight is 222 g/mol. The van der Waals surface area contributed by atoms with E-state index in [4.69, 9.17) is 5.73 Å². The van der Waals surface area contributed by atoms with E-state index in [-0.39, 0.29) is 0 Å². The third kappa shape index (κ3) is 2.97. The van der Waals surface area contributed by atoms with Crippen LogP contribution in [-0.4, -0.2) is 18.8 Å². The largest absolute Gasteiger partial charge is 0.329 e. The number of rotatable bonds is 5. The van der Waals surface area contributed by atoms with Crippen molar-refractivity contribution in [1.29, 1.82) is 0 Å². The zero-order valence-electron chi connectivity index (χ0n) is 9.07. The fourth-order valence-electron chi connectivity index (χ4n) is 1.67. The van der Waals surface area contributed by atoms with Crippen LogP contribution in [-0.2, 0) is 0 Å². The van der Waals surface area contributed by atoms with E-state index in [1.165, 1.54) is 23.3 Å². The molecule has 0 radical (unpaired) electrons. The fraction of sp³-hybridized carbons (Fsp3) is 0.500. The zero-order chi connectivity index (χ0) is 10.7. The summed E-state index contributed by atoms with van der Waals surface area (Å²) in [4.78, 5) is 1.31. The molecule has 2 rings (SSSR count). The van der Waals surface area contributed by atoms with Crippen molar-refractivity contribution in [1.82, 2.24) is 5.32 Å². The molecule has 0 aromatic heterocycles. The highest BCUT2D eigenvalue weighted by Crippen LogP contribution is 2.24. The van der Waals surface area contributed by atoms with Crippen LogP contribution in [0.25, 0.3) is 0 Å². The molecule has 0 aliphatic heterocycles. The third-order valence-corrected chi connectivity index (χ3v) is 3.51. The SMILES string of the molecule is CSc1ccc(C(CN)NC2CC2)cc1. The normalized spacial score (nSPS) is 17.7. The fourth-order valence-corrected chi connectivity index (χ4v) is 2.08. The number of nitrogens with one attached hydrogen (secondary N) is 1. The number of nitrogens with two attached hydrogens (primary N) is 1. The Morgan fingerprint density at radius 3 is 2.53 bits per heavy atom. The highest BCUT2D eigenvalue weighted by Gasteiger charge is 2.24. The number of hydrogen-bond acceptors (Lipinski definition) is 3. The molecule has 0 saturated heterocycles. The van der Waals surface area contributed by atoms with Gasteiger partial charge in [-0.3, -0.25) is 0 Å². The maximum atomic E-state index is 5.78. The molecule has 1 aromatic carbocycles. The Balaban J connectivity index is 2.03. The Bertz CT molecular complexity index is 306. The highest BCUT2D eigenvalue weighted by atomic mass is 32.2.